The molecule has 1 rings (SSSR count). The highest BCUT2D eigenvalue weighted by molar-refractivity contribution is 6.03. The van der Waals surface area contributed by atoms with E-state index in [9.17, 15) is 14.4 Å². The number of nitrogens with one attached hydrogen (secondary N) is 1. The van der Waals surface area contributed by atoms with Gasteiger partial charge in [0.2, 0.25) is 5.91 Å². The van der Waals surface area contributed by atoms with Crippen molar-refractivity contribution in [3.8, 4) is 0 Å². The van der Waals surface area contributed by atoms with Gasteiger partial charge >= 0.3 is 5.97 Å². The van der Waals surface area contributed by atoms with Crippen molar-refractivity contribution in [2.75, 3.05) is 6.54 Å². The normalized spacial score (nSPS) is 9.78. The summed E-state index contributed by atoms with van der Waals surface area (Å²) in [5.41, 5.74) is 4.63. The van der Waals surface area contributed by atoms with E-state index in [-0.39, 0.29) is 24.2 Å². The molecule has 0 aromatic carbocycles. The summed E-state index contributed by atoms with van der Waals surface area (Å²) < 4.78 is 0. The number of primary amides is 1. The van der Waals surface area contributed by atoms with Crippen LogP contribution < -0.4 is 11.1 Å². The molecular formula is C11H13N3O4. The van der Waals surface area contributed by atoms with Gasteiger partial charge in [-0.1, -0.05) is 0 Å². The molecule has 0 bridgehead atoms. The first-order valence-electron chi connectivity index (χ1n) is 5.27. The second-order valence-electron chi connectivity index (χ2n) is 3.53. The highest BCUT2D eigenvalue weighted by Gasteiger charge is 2.16. The smallest absolute Gasteiger partial charge is 0.338 e. The summed E-state index contributed by atoms with van der Waals surface area (Å²) in [4.78, 5) is 36.7. The highest BCUT2D eigenvalue weighted by atomic mass is 16.4. The van der Waals surface area contributed by atoms with Gasteiger partial charge in [-0.2, -0.15) is 0 Å². The third-order valence-corrected chi connectivity index (χ3v) is 2.14. The Hall–Kier alpha value is -2.44. The topological polar surface area (TPSA) is 122 Å². The molecule has 1 aromatic rings. The molecular weight excluding hydrogens is 238 g/mol. The first-order valence-corrected chi connectivity index (χ1v) is 5.27. The Labute approximate surface area is 103 Å². The average Bonchev–Trinajstić information content (AvgIpc) is 2.34. The van der Waals surface area contributed by atoms with Crippen molar-refractivity contribution in [2.24, 2.45) is 5.73 Å². The minimum atomic E-state index is -1.22. The number of carbonyl (C=O) groups is 3. The molecule has 4 N–H and O–H groups in total. The van der Waals surface area contributed by atoms with E-state index in [1.807, 2.05) is 0 Å². The maximum absolute atomic E-state index is 11.7. The van der Waals surface area contributed by atoms with Crippen LogP contribution in [0.4, 0.5) is 0 Å². The first kappa shape index (κ1) is 13.6. The molecule has 18 heavy (non-hydrogen) atoms. The van der Waals surface area contributed by atoms with Gasteiger partial charge in [-0.15, -0.1) is 0 Å². The van der Waals surface area contributed by atoms with Gasteiger partial charge in [-0.25, -0.2) is 4.79 Å². The molecule has 0 atom stereocenters. The molecule has 2 amide bonds. The number of carbonyl (C=O) groups excluding carboxylic acids is 2. The average molecular weight is 251 g/mol. The lowest BCUT2D eigenvalue weighted by atomic mass is 10.2. The van der Waals surface area contributed by atoms with Crippen LogP contribution in [0, 0.1) is 0 Å². The Kier molecular flexibility index (Phi) is 4.79. The highest BCUT2D eigenvalue weighted by Crippen LogP contribution is 2.05. The van der Waals surface area contributed by atoms with Crippen molar-refractivity contribution in [1.82, 2.24) is 10.3 Å². The van der Waals surface area contributed by atoms with Gasteiger partial charge in [0.25, 0.3) is 5.91 Å². The molecule has 0 aliphatic rings. The van der Waals surface area contributed by atoms with E-state index in [1.165, 1.54) is 18.3 Å². The number of carboxylic acid groups (broad SMARTS) is 1. The monoisotopic (exact) mass is 251 g/mol. The lowest BCUT2D eigenvalue weighted by Crippen LogP contribution is -2.28. The van der Waals surface area contributed by atoms with Crippen LogP contribution >= 0.6 is 0 Å². The van der Waals surface area contributed by atoms with Gasteiger partial charge in [-0.05, 0) is 18.6 Å². The van der Waals surface area contributed by atoms with Crippen LogP contribution in [0.2, 0.25) is 0 Å². The van der Waals surface area contributed by atoms with Crippen LogP contribution in [0.1, 0.15) is 33.7 Å². The lowest BCUT2D eigenvalue weighted by molar-refractivity contribution is -0.118. The van der Waals surface area contributed by atoms with Crippen LogP contribution in [0.3, 0.4) is 0 Å². The van der Waals surface area contributed by atoms with Crippen LogP contribution in [-0.2, 0) is 4.79 Å². The van der Waals surface area contributed by atoms with E-state index in [2.05, 4.69) is 10.3 Å². The molecule has 7 heteroatoms. The van der Waals surface area contributed by atoms with Crippen molar-refractivity contribution < 1.29 is 19.5 Å². The van der Waals surface area contributed by atoms with Crippen LogP contribution in [0.5, 0.6) is 0 Å². The zero-order chi connectivity index (χ0) is 13.5. The Morgan fingerprint density at radius 2 is 2.11 bits per heavy atom. The van der Waals surface area contributed by atoms with Crippen molar-refractivity contribution in [2.45, 2.75) is 12.8 Å². The molecule has 0 saturated heterocycles. The van der Waals surface area contributed by atoms with Crippen molar-refractivity contribution in [3.63, 3.8) is 0 Å². The third kappa shape index (κ3) is 3.85. The van der Waals surface area contributed by atoms with Crippen LogP contribution in [0.25, 0.3) is 0 Å². The summed E-state index contributed by atoms with van der Waals surface area (Å²) >= 11 is 0. The number of pyridine rings is 1. The van der Waals surface area contributed by atoms with Crippen molar-refractivity contribution >= 4 is 17.8 Å². The van der Waals surface area contributed by atoms with Gasteiger partial charge in [-0.3, -0.25) is 14.6 Å². The predicted octanol–water partition coefficient (Wildman–Crippen LogP) is -0.225. The van der Waals surface area contributed by atoms with Gasteiger partial charge in [0.1, 0.15) is 5.69 Å². The molecule has 1 heterocycles. The fraction of sp³-hybridized carbons (Fsp3) is 0.273. The molecule has 0 fully saturated rings. The Morgan fingerprint density at radius 3 is 2.72 bits per heavy atom. The summed E-state index contributed by atoms with van der Waals surface area (Å²) in [6.07, 6.45) is 1.90. The van der Waals surface area contributed by atoms with Gasteiger partial charge < -0.3 is 16.2 Å². The van der Waals surface area contributed by atoms with E-state index in [0.717, 1.165) is 0 Å². The van der Waals surface area contributed by atoms with Gasteiger partial charge in [0, 0.05) is 19.2 Å². The summed E-state index contributed by atoms with van der Waals surface area (Å²) in [6.45, 7) is 0.234. The van der Waals surface area contributed by atoms with Crippen LogP contribution in [-0.4, -0.2) is 34.4 Å². The Balaban J connectivity index is 2.61. The second kappa shape index (κ2) is 6.33. The summed E-state index contributed by atoms with van der Waals surface area (Å²) in [5.74, 6) is -2.25. The number of rotatable bonds is 6. The number of amides is 2. The standard InChI is InChI=1S/C11H13N3O4/c12-8(15)4-2-6-14-10(16)9-7(11(17)18)3-1-5-13-9/h1,3,5H,2,4,6H2,(H2,12,15)(H,14,16)(H,17,18). The minimum Gasteiger partial charge on any atom is -0.478 e. The predicted molar refractivity (Wildman–Crippen MR) is 62.0 cm³/mol. The van der Waals surface area contributed by atoms with E-state index in [0.29, 0.717) is 6.42 Å². The summed E-state index contributed by atoms with van der Waals surface area (Å²) in [7, 11) is 0. The summed E-state index contributed by atoms with van der Waals surface area (Å²) in [5, 5.41) is 11.4. The molecule has 0 saturated carbocycles. The second-order valence-corrected chi connectivity index (χ2v) is 3.53. The maximum Gasteiger partial charge on any atom is 0.338 e. The zero-order valence-electron chi connectivity index (χ0n) is 9.55. The fourth-order valence-electron chi connectivity index (χ4n) is 1.31. The first-order chi connectivity index (χ1) is 8.52. The number of aromatic carboxylic acids is 1. The van der Waals surface area contributed by atoms with E-state index < -0.39 is 17.8 Å². The van der Waals surface area contributed by atoms with Gasteiger partial charge in [0.15, 0.2) is 0 Å². The largest absolute Gasteiger partial charge is 0.478 e. The number of hydrogen-bond acceptors (Lipinski definition) is 4. The quantitative estimate of drug-likeness (QED) is 0.603. The van der Waals surface area contributed by atoms with Crippen molar-refractivity contribution in [1.29, 1.82) is 0 Å². The molecule has 0 aliphatic carbocycles. The maximum atomic E-state index is 11.7. The van der Waals surface area contributed by atoms with Gasteiger partial charge in [0.05, 0.1) is 5.56 Å². The van der Waals surface area contributed by atoms with E-state index >= 15 is 0 Å². The molecule has 7 nitrogen and oxygen atoms in total. The molecule has 1 aromatic heterocycles. The molecule has 0 spiro atoms. The van der Waals surface area contributed by atoms with E-state index in [1.54, 1.807) is 0 Å². The number of aromatic nitrogens is 1. The third-order valence-electron chi connectivity index (χ3n) is 2.14. The minimum absolute atomic E-state index is 0.149. The number of nitrogens with two attached hydrogens (primary N) is 1. The number of hydrogen-bond donors (Lipinski definition) is 3. The van der Waals surface area contributed by atoms with E-state index in [4.69, 9.17) is 10.8 Å². The number of carboxylic acids is 1. The Morgan fingerprint density at radius 1 is 1.39 bits per heavy atom. The van der Waals surface area contributed by atoms with Crippen molar-refractivity contribution in [3.05, 3.63) is 29.6 Å². The lowest BCUT2D eigenvalue weighted by Gasteiger charge is -2.05. The zero-order valence-corrected chi connectivity index (χ0v) is 9.55. The summed E-state index contributed by atoms with van der Waals surface area (Å²) in [6, 6.07) is 2.74. The fourth-order valence-corrected chi connectivity index (χ4v) is 1.31. The molecule has 0 aliphatic heterocycles. The molecule has 96 valence electrons. The van der Waals surface area contributed by atoms with Crippen LogP contribution in [0.15, 0.2) is 18.3 Å². The number of nitrogens with zero attached hydrogens (tertiary/aromatic N) is 1. The molecule has 0 unspecified atom stereocenters. The molecule has 0 radical (unpaired) electrons. The SMILES string of the molecule is NC(=O)CCCNC(=O)c1ncccc1C(=O)O. The Bertz CT molecular complexity index is 473.